The number of aliphatic hydroxyl groups is 1. The largest absolute Gasteiger partial charge is 0.503 e. The maximum Gasteiger partial charge on any atom is 0.290 e. The second-order valence-corrected chi connectivity index (χ2v) is 8.46. The molecule has 4 rings (SSSR count). The van der Waals surface area contributed by atoms with Gasteiger partial charge in [0.25, 0.3) is 5.91 Å². The predicted molar refractivity (Wildman–Crippen MR) is 138 cm³/mol. The molecular weight excluding hydrogens is 454 g/mol. The number of amides is 1. The number of nitrogens with zero attached hydrogens (tertiary/aromatic N) is 1. The molecule has 3 aromatic rings. The van der Waals surface area contributed by atoms with E-state index in [-0.39, 0.29) is 5.57 Å². The van der Waals surface area contributed by atoms with Crippen molar-refractivity contribution in [3.63, 3.8) is 0 Å². The number of allylic oxidation sites excluding steroid dienone is 1. The summed E-state index contributed by atoms with van der Waals surface area (Å²) in [6.07, 6.45) is 3.64. The van der Waals surface area contributed by atoms with Gasteiger partial charge in [-0.1, -0.05) is 78.9 Å². The molecule has 1 heterocycles. The Morgan fingerprint density at radius 1 is 1.00 bits per heavy atom. The monoisotopic (exact) mass is 483 g/mol. The van der Waals surface area contributed by atoms with E-state index in [1.165, 1.54) is 11.0 Å². The molecule has 0 bridgehead atoms. The standard InChI is InChI=1S/C30H29NO5/c1-35-19-9-18-31-28(24-14-8-15-25(20-24)36-21-23-12-6-3-7-13-23)27(29(33)30(31)34)26(32)17-16-22-10-4-2-5-11-22/h2-8,10-17,20,28,33H,9,18-19,21H2,1H3/b17-16+. The van der Waals surface area contributed by atoms with E-state index in [0.29, 0.717) is 37.5 Å². The van der Waals surface area contributed by atoms with Crippen LogP contribution in [0.3, 0.4) is 0 Å². The van der Waals surface area contributed by atoms with Gasteiger partial charge in [-0.15, -0.1) is 0 Å². The third-order valence-corrected chi connectivity index (χ3v) is 5.97. The molecule has 1 aliphatic rings. The fourth-order valence-corrected chi connectivity index (χ4v) is 4.20. The lowest BCUT2D eigenvalue weighted by atomic mass is 9.95. The van der Waals surface area contributed by atoms with Crippen LogP contribution < -0.4 is 4.74 Å². The molecule has 0 aromatic heterocycles. The Labute approximate surface area is 211 Å². The predicted octanol–water partition coefficient (Wildman–Crippen LogP) is 5.28. The van der Waals surface area contributed by atoms with Crippen molar-refractivity contribution >= 4 is 17.8 Å². The third kappa shape index (κ3) is 5.90. The molecule has 1 unspecified atom stereocenters. The minimum Gasteiger partial charge on any atom is -0.503 e. The average molecular weight is 484 g/mol. The lowest BCUT2D eigenvalue weighted by Crippen LogP contribution is -2.32. The zero-order valence-corrected chi connectivity index (χ0v) is 20.2. The number of ketones is 1. The highest BCUT2D eigenvalue weighted by Gasteiger charge is 2.42. The van der Waals surface area contributed by atoms with Gasteiger partial charge < -0.3 is 19.5 Å². The molecule has 0 radical (unpaired) electrons. The summed E-state index contributed by atoms with van der Waals surface area (Å²) in [5, 5.41) is 10.8. The topological polar surface area (TPSA) is 76.1 Å². The van der Waals surface area contributed by atoms with Gasteiger partial charge in [0.2, 0.25) is 0 Å². The summed E-state index contributed by atoms with van der Waals surface area (Å²) >= 11 is 0. The molecule has 36 heavy (non-hydrogen) atoms. The van der Waals surface area contributed by atoms with Crippen molar-refractivity contribution in [1.82, 2.24) is 4.90 Å². The molecule has 3 aromatic carbocycles. The Morgan fingerprint density at radius 2 is 1.72 bits per heavy atom. The molecule has 0 saturated heterocycles. The Morgan fingerprint density at radius 3 is 2.44 bits per heavy atom. The fraction of sp³-hybridized carbons (Fsp3) is 0.200. The summed E-state index contributed by atoms with van der Waals surface area (Å²) in [7, 11) is 1.59. The number of hydrogen-bond acceptors (Lipinski definition) is 5. The number of ether oxygens (including phenoxy) is 2. The molecule has 0 spiro atoms. The van der Waals surface area contributed by atoms with E-state index in [1.54, 1.807) is 13.2 Å². The summed E-state index contributed by atoms with van der Waals surface area (Å²) in [6.45, 7) is 1.17. The van der Waals surface area contributed by atoms with Gasteiger partial charge in [-0.25, -0.2) is 0 Å². The Hall–Kier alpha value is -4.16. The molecule has 6 nitrogen and oxygen atoms in total. The summed E-state index contributed by atoms with van der Waals surface area (Å²) < 4.78 is 11.1. The second-order valence-electron chi connectivity index (χ2n) is 8.46. The first-order valence-corrected chi connectivity index (χ1v) is 11.9. The Balaban J connectivity index is 1.63. The van der Waals surface area contributed by atoms with Gasteiger partial charge in [-0.3, -0.25) is 9.59 Å². The van der Waals surface area contributed by atoms with Crippen LogP contribution in [0.2, 0.25) is 0 Å². The van der Waals surface area contributed by atoms with E-state index >= 15 is 0 Å². The summed E-state index contributed by atoms with van der Waals surface area (Å²) in [5.74, 6) is -0.892. The highest BCUT2D eigenvalue weighted by Crippen LogP contribution is 2.39. The molecule has 1 aliphatic heterocycles. The molecule has 0 fully saturated rings. The highest BCUT2D eigenvalue weighted by atomic mass is 16.5. The first-order chi connectivity index (χ1) is 17.6. The number of aliphatic hydroxyl groups excluding tert-OH is 1. The summed E-state index contributed by atoms with van der Waals surface area (Å²) in [4.78, 5) is 27.8. The fourth-order valence-electron chi connectivity index (χ4n) is 4.20. The first-order valence-electron chi connectivity index (χ1n) is 11.9. The first kappa shape index (κ1) is 24.9. The van der Waals surface area contributed by atoms with Crippen LogP contribution in [0.4, 0.5) is 0 Å². The number of methoxy groups -OCH3 is 1. The minimum absolute atomic E-state index is 0.0600. The van der Waals surface area contributed by atoms with Gasteiger partial charge in [0, 0.05) is 20.3 Å². The molecule has 0 aliphatic carbocycles. The van der Waals surface area contributed by atoms with Crippen LogP contribution in [-0.4, -0.2) is 42.0 Å². The van der Waals surface area contributed by atoms with Crippen molar-refractivity contribution in [3.8, 4) is 5.75 Å². The SMILES string of the molecule is COCCCN1C(=O)C(O)=C(C(=O)/C=C/c2ccccc2)C1c1cccc(OCc2ccccc2)c1. The van der Waals surface area contributed by atoms with E-state index in [0.717, 1.165) is 11.1 Å². The van der Waals surface area contributed by atoms with Crippen molar-refractivity contribution < 1.29 is 24.2 Å². The van der Waals surface area contributed by atoms with Crippen molar-refractivity contribution in [1.29, 1.82) is 0 Å². The minimum atomic E-state index is -0.734. The van der Waals surface area contributed by atoms with Gasteiger partial charge in [0.05, 0.1) is 11.6 Å². The molecule has 6 heteroatoms. The van der Waals surface area contributed by atoms with Gasteiger partial charge in [-0.2, -0.15) is 0 Å². The number of hydrogen-bond donors (Lipinski definition) is 1. The normalized spacial score (nSPS) is 15.6. The lowest BCUT2D eigenvalue weighted by Gasteiger charge is -2.27. The van der Waals surface area contributed by atoms with Gasteiger partial charge in [0.15, 0.2) is 11.5 Å². The van der Waals surface area contributed by atoms with Crippen molar-refractivity contribution in [3.05, 3.63) is 119 Å². The van der Waals surface area contributed by atoms with Crippen LogP contribution in [0.25, 0.3) is 6.08 Å². The molecule has 1 amide bonds. The molecule has 1 N–H and O–H groups in total. The van der Waals surface area contributed by atoms with Crippen LogP contribution in [0.15, 0.2) is 102 Å². The van der Waals surface area contributed by atoms with Crippen LogP contribution >= 0.6 is 0 Å². The summed E-state index contributed by atoms with van der Waals surface area (Å²) in [5.41, 5.74) is 2.62. The van der Waals surface area contributed by atoms with Crippen LogP contribution in [0.5, 0.6) is 5.75 Å². The van der Waals surface area contributed by atoms with E-state index in [4.69, 9.17) is 9.47 Å². The Kier molecular flexibility index (Phi) is 8.32. The van der Waals surface area contributed by atoms with Crippen LogP contribution in [0.1, 0.15) is 29.2 Å². The van der Waals surface area contributed by atoms with Crippen LogP contribution in [-0.2, 0) is 20.9 Å². The van der Waals surface area contributed by atoms with Crippen molar-refractivity contribution in [2.45, 2.75) is 19.1 Å². The number of carbonyl (C=O) groups excluding carboxylic acids is 2. The molecule has 184 valence electrons. The number of carbonyl (C=O) groups is 2. The molecule has 0 saturated carbocycles. The Bertz CT molecular complexity index is 1250. The van der Waals surface area contributed by atoms with Crippen molar-refractivity contribution in [2.24, 2.45) is 0 Å². The molecule has 1 atom stereocenters. The lowest BCUT2D eigenvalue weighted by molar-refractivity contribution is -0.129. The summed E-state index contributed by atoms with van der Waals surface area (Å²) in [6, 6.07) is 25.8. The van der Waals surface area contributed by atoms with E-state index in [2.05, 4.69) is 0 Å². The average Bonchev–Trinajstić information content (AvgIpc) is 3.17. The number of rotatable bonds is 11. The highest BCUT2D eigenvalue weighted by molar-refractivity contribution is 6.14. The van der Waals surface area contributed by atoms with Crippen molar-refractivity contribution in [2.75, 3.05) is 20.3 Å². The zero-order valence-electron chi connectivity index (χ0n) is 20.2. The quantitative estimate of drug-likeness (QED) is 0.297. The van der Waals surface area contributed by atoms with Gasteiger partial charge in [0.1, 0.15) is 12.4 Å². The van der Waals surface area contributed by atoms with Gasteiger partial charge >= 0.3 is 0 Å². The third-order valence-electron chi connectivity index (χ3n) is 5.97. The maximum absolute atomic E-state index is 13.3. The van der Waals surface area contributed by atoms with E-state index in [1.807, 2.05) is 84.9 Å². The van der Waals surface area contributed by atoms with E-state index in [9.17, 15) is 14.7 Å². The maximum atomic E-state index is 13.3. The number of benzene rings is 3. The van der Waals surface area contributed by atoms with Gasteiger partial charge in [-0.05, 0) is 41.3 Å². The smallest absolute Gasteiger partial charge is 0.290 e. The molecular formula is C30H29NO5. The second kappa shape index (κ2) is 12.0. The zero-order chi connectivity index (χ0) is 25.3. The van der Waals surface area contributed by atoms with E-state index < -0.39 is 23.5 Å². The van der Waals surface area contributed by atoms with Crippen LogP contribution in [0, 0.1) is 0 Å².